The smallest absolute Gasteiger partial charge is 0.0594 e. The number of hydrogen-bond donors (Lipinski definition) is 0. The largest absolute Gasteiger partial charge is 0.379 e. The second-order valence-corrected chi connectivity index (χ2v) is 7.87. The molecule has 2 nitrogen and oxygen atoms in total. The topological polar surface area (TPSA) is 12.5 Å². The van der Waals surface area contributed by atoms with Crippen molar-refractivity contribution in [1.29, 1.82) is 0 Å². The summed E-state index contributed by atoms with van der Waals surface area (Å²) in [7, 11) is 0. The van der Waals surface area contributed by atoms with Crippen LogP contribution in [0.4, 0.5) is 0 Å². The van der Waals surface area contributed by atoms with Crippen molar-refractivity contribution in [3.8, 4) is 0 Å². The average molecular weight is 340 g/mol. The van der Waals surface area contributed by atoms with E-state index in [4.69, 9.17) is 4.74 Å². The maximum Gasteiger partial charge on any atom is 0.0594 e. The third-order valence-electron chi connectivity index (χ3n) is 5.62. The molecule has 1 rings (SSSR count). The van der Waals surface area contributed by atoms with E-state index >= 15 is 0 Å². The van der Waals surface area contributed by atoms with E-state index in [-0.39, 0.29) is 0 Å². The van der Waals surface area contributed by atoms with Gasteiger partial charge in [-0.2, -0.15) is 0 Å². The summed E-state index contributed by atoms with van der Waals surface area (Å²) in [6, 6.07) is 0. The van der Waals surface area contributed by atoms with Crippen LogP contribution in [0.2, 0.25) is 0 Å². The van der Waals surface area contributed by atoms with Crippen molar-refractivity contribution in [2.45, 2.75) is 104 Å². The van der Waals surface area contributed by atoms with E-state index < -0.39 is 0 Å². The van der Waals surface area contributed by atoms with Gasteiger partial charge in [-0.1, -0.05) is 90.9 Å². The van der Waals surface area contributed by atoms with Crippen molar-refractivity contribution in [1.82, 2.24) is 4.90 Å². The summed E-state index contributed by atoms with van der Waals surface area (Å²) < 4.78 is 5.45. The van der Waals surface area contributed by atoms with Crippen molar-refractivity contribution in [2.75, 3.05) is 32.8 Å². The Morgan fingerprint density at radius 2 is 1.17 bits per heavy atom. The van der Waals surface area contributed by atoms with Crippen molar-refractivity contribution in [2.24, 2.45) is 5.92 Å². The second-order valence-electron chi connectivity index (χ2n) is 7.87. The minimum absolute atomic E-state index is 0.942. The molecule has 0 aromatic heterocycles. The highest BCUT2D eigenvalue weighted by molar-refractivity contribution is 4.66. The van der Waals surface area contributed by atoms with Crippen molar-refractivity contribution in [3.63, 3.8) is 0 Å². The van der Waals surface area contributed by atoms with Gasteiger partial charge in [-0.3, -0.25) is 4.90 Å². The fourth-order valence-electron chi connectivity index (χ4n) is 3.93. The van der Waals surface area contributed by atoms with E-state index in [0.717, 1.165) is 32.2 Å². The Morgan fingerprint density at radius 3 is 1.83 bits per heavy atom. The first-order valence-electron chi connectivity index (χ1n) is 11.2. The normalized spacial score (nSPS) is 17.2. The van der Waals surface area contributed by atoms with E-state index in [2.05, 4.69) is 18.7 Å². The van der Waals surface area contributed by atoms with Gasteiger partial charge in [0.25, 0.3) is 0 Å². The summed E-state index contributed by atoms with van der Waals surface area (Å²) in [6.45, 7) is 10.1. The van der Waals surface area contributed by atoms with Crippen LogP contribution in [0.25, 0.3) is 0 Å². The van der Waals surface area contributed by atoms with E-state index in [1.807, 2.05) is 0 Å². The zero-order valence-electron chi connectivity index (χ0n) is 16.9. The first-order chi connectivity index (χ1) is 11.9. The molecule has 1 fully saturated rings. The molecule has 1 heterocycles. The van der Waals surface area contributed by atoms with E-state index in [9.17, 15) is 0 Å². The molecule has 1 aliphatic heterocycles. The number of unbranched alkanes of at least 4 members (excludes halogenated alkanes) is 8. The van der Waals surface area contributed by atoms with Crippen molar-refractivity contribution >= 4 is 0 Å². The summed E-state index contributed by atoms with van der Waals surface area (Å²) >= 11 is 0. The van der Waals surface area contributed by atoms with Crippen molar-refractivity contribution < 1.29 is 4.74 Å². The molecule has 1 saturated heterocycles. The first-order valence-corrected chi connectivity index (χ1v) is 11.2. The molecule has 0 aromatic carbocycles. The molecule has 0 amide bonds. The molecule has 0 aromatic rings. The van der Waals surface area contributed by atoms with Gasteiger partial charge in [-0.25, -0.2) is 0 Å². The summed E-state index contributed by atoms with van der Waals surface area (Å²) in [5, 5.41) is 0. The zero-order valence-corrected chi connectivity index (χ0v) is 16.9. The molecule has 24 heavy (non-hydrogen) atoms. The maximum absolute atomic E-state index is 5.45. The summed E-state index contributed by atoms with van der Waals surface area (Å²) in [5.74, 6) is 0.994. The van der Waals surface area contributed by atoms with Gasteiger partial charge in [0.2, 0.25) is 0 Å². The molecule has 0 radical (unpaired) electrons. The van der Waals surface area contributed by atoms with Crippen LogP contribution in [0, 0.1) is 5.92 Å². The quantitative estimate of drug-likeness (QED) is 0.300. The Kier molecular flexibility index (Phi) is 15.0. The lowest BCUT2D eigenvalue weighted by Gasteiger charge is -2.27. The van der Waals surface area contributed by atoms with Gasteiger partial charge in [0.1, 0.15) is 0 Å². The Morgan fingerprint density at radius 1 is 0.667 bits per heavy atom. The van der Waals surface area contributed by atoms with Crippen LogP contribution in [0.1, 0.15) is 104 Å². The zero-order chi connectivity index (χ0) is 17.3. The Bertz CT molecular complexity index is 250. The summed E-state index contributed by atoms with van der Waals surface area (Å²) in [4.78, 5) is 2.60. The number of ether oxygens (including phenoxy) is 1. The molecule has 0 spiro atoms. The van der Waals surface area contributed by atoms with Gasteiger partial charge >= 0.3 is 0 Å². The molecule has 0 bridgehead atoms. The molecule has 0 N–H and O–H groups in total. The molecule has 144 valence electrons. The molecule has 2 heteroatoms. The molecule has 1 atom stereocenters. The Hall–Kier alpha value is -0.0800. The van der Waals surface area contributed by atoms with E-state index in [1.165, 1.54) is 96.4 Å². The van der Waals surface area contributed by atoms with Gasteiger partial charge in [-0.15, -0.1) is 0 Å². The number of nitrogens with zero attached hydrogens (tertiary/aromatic N) is 1. The highest BCUT2D eigenvalue weighted by atomic mass is 16.5. The number of hydrogen-bond acceptors (Lipinski definition) is 2. The molecule has 0 saturated carbocycles. The SMILES string of the molecule is CCCCCCCCCC(CCCCC)CCCN1CCOCC1. The minimum atomic E-state index is 0.942. The van der Waals surface area contributed by atoms with Crippen LogP contribution in [-0.4, -0.2) is 37.7 Å². The van der Waals surface area contributed by atoms with Crippen LogP contribution >= 0.6 is 0 Å². The van der Waals surface area contributed by atoms with Crippen LogP contribution in [0.5, 0.6) is 0 Å². The standard InChI is InChI=1S/C22H45NO/c1-3-5-7-8-9-10-12-15-22(14-11-6-4-2)16-13-17-23-18-20-24-21-19-23/h22H,3-21H2,1-2H3. The lowest BCUT2D eigenvalue weighted by molar-refractivity contribution is 0.0365. The van der Waals surface area contributed by atoms with Crippen LogP contribution in [0.3, 0.4) is 0 Å². The van der Waals surface area contributed by atoms with E-state index in [0.29, 0.717) is 0 Å². The van der Waals surface area contributed by atoms with Gasteiger partial charge in [0, 0.05) is 13.1 Å². The van der Waals surface area contributed by atoms with E-state index in [1.54, 1.807) is 0 Å². The number of rotatable bonds is 16. The average Bonchev–Trinajstić information content (AvgIpc) is 2.61. The monoisotopic (exact) mass is 339 g/mol. The predicted octanol–water partition coefficient (Wildman–Crippen LogP) is 6.44. The van der Waals surface area contributed by atoms with Crippen molar-refractivity contribution in [3.05, 3.63) is 0 Å². The third-order valence-corrected chi connectivity index (χ3v) is 5.62. The highest BCUT2D eigenvalue weighted by Crippen LogP contribution is 2.23. The van der Waals surface area contributed by atoms with Crippen LogP contribution in [0.15, 0.2) is 0 Å². The summed E-state index contributed by atoms with van der Waals surface area (Å²) in [6.07, 6.45) is 20.2. The molecular formula is C22H45NO. The molecule has 1 unspecified atom stereocenters. The third kappa shape index (κ3) is 12.3. The fourth-order valence-corrected chi connectivity index (χ4v) is 3.93. The van der Waals surface area contributed by atoms with Gasteiger partial charge in [0.15, 0.2) is 0 Å². The second kappa shape index (κ2) is 16.4. The lowest BCUT2D eigenvalue weighted by atomic mass is 9.90. The Labute approximate surface area is 152 Å². The Balaban J connectivity index is 2.09. The highest BCUT2D eigenvalue weighted by Gasteiger charge is 2.12. The molecule has 1 aliphatic rings. The molecular weight excluding hydrogens is 294 g/mol. The van der Waals surface area contributed by atoms with Gasteiger partial charge in [-0.05, 0) is 25.3 Å². The minimum Gasteiger partial charge on any atom is -0.379 e. The van der Waals surface area contributed by atoms with Gasteiger partial charge < -0.3 is 4.74 Å². The lowest BCUT2D eigenvalue weighted by Crippen LogP contribution is -2.36. The predicted molar refractivity (Wildman–Crippen MR) is 107 cm³/mol. The van der Waals surface area contributed by atoms with Crippen LogP contribution in [-0.2, 0) is 4.74 Å². The van der Waals surface area contributed by atoms with Gasteiger partial charge in [0.05, 0.1) is 13.2 Å². The maximum atomic E-state index is 5.45. The summed E-state index contributed by atoms with van der Waals surface area (Å²) in [5.41, 5.74) is 0. The first kappa shape index (κ1) is 22.0. The number of morpholine rings is 1. The fraction of sp³-hybridized carbons (Fsp3) is 1.00. The van der Waals surface area contributed by atoms with Crippen LogP contribution < -0.4 is 0 Å². The molecule has 0 aliphatic carbocycles.